The molecule has 0 bridgehead atoms. The molecule has 1 aromatic heterocycles. The summed E-state index contributed by atoms with van der Waals surface area (Å²) < 4.78 is 5.25. The van der Waals surface area contributed by atoms with Gasteiger partial charge < -0.3 is 19.9 Å². The van der Waals surface area contributed by atoms with Crippen LogP contribution in [0.2, 0.25) is 0 Å². The van der Waals surface area contributed by atoms with E-state index in [1.165, 1.54) is 17.7 Å². The van der Waals surface area contributed by atoms with Crippen LogP contribution in [0.1, 0.15) is 46.3 Å². The van der Waals surface area contributed by atoms with Crippen molar-refractivity contribution < 1.29 is 9.53 Å². The molecule has 3 heterocycles. The van der Waals surface area contributed by atoms with Crippen molar-refractivity contribution in [2.75, 3.05) is 46.9 Å². The number of nitrogens with one attached hydrogen (secondary N) is 1. The van der Waals surface area contributed by atoms with Crippen LogP contribution in [-0.2, 0) is 4.74 Å². The highest BCUT2D eigenvalue weighted by Crippen LogP contribution is 2.30. The SMILES string of the molecule is COCCN(C(=O)c1ccc([C@@H]2CCCN2)s1)C1CCN(C)CC1. The normalized spacial score (nSPS) is 22.8. The Balaban J connectivity index is 1.70. The Kier molecular flexibility index (Phi) is 6.27. The van der Waals surface area contributed by atoms with E-state index in [0.717, 1.165) is 37.4 Å². The van der Waals surface area contributed by atoms with E-state index >= 15 is 0 Å². The van der Waals surface area contributed by atoms with E-state index in [1.54, 1.807) is 18.4 Å². The van der Waals surface area contributed by atoms with Gasteiger partial charge in [0.1, 0.15) is 0 Å². The number of likely N-dealkylation sites (tertiary alicyclic amines) is 1. The third kappa shape index (κ3) is 4.17. The van der Waals surface area contributed by atoms with Crippen LogP contribution in [0.15, 0.2) is 12.1 Å². The molecule has 0 aliphatic carbocycles. The third-order valence-corrected chi connectivity index (χ3v) is 6.35. The number of methoxy groups -OCH3 is 1. The summed E-state index contributed by atoms with van der Waals surface area (Å²) in [4.78, 5) is 19.7. The minimum atomic E-state index is 0.177. The number of carbonyl (C=O) groups is 1. The van der Waals surface area contributed by atoms with Gasteiger partial charge in [0.15, 0.2) is 0 Å². The van der Waals surface area contributed by atoms with Gasteiger partial charge in [0.25, 0.3) is 5.91 Å². The molecule has 3 rings (SSSR count). The lowest BCUT2D eigenvalue weighted by Crippen LogP contribution is -2.47. The summed E-state index contributed by atoms with van der Waals surface area (Å²) in [5.41, 5.74) is 0. The van der Waals surface area contributed by atoms with E-state index in [2.05, 4.69) is 23.3 Å². The third-order valence-electron chi connectivity index (χ3n) is 5.17. The summed E-state index contributed by atoms with van der Waals surface area (Å²) in [5, 5.41) is 3.52. The van der Waals surface area contributed by atoms with Crippen LogP contribution in [0.5, 0.6) is 0 Å². The Bertz CT molecular complexity index is 534. The van der Waals surface area contributed by atoms with Crippen molar-refractivity contribution in [3.05, 3.63) is 21.9 Å². The highest BCUT2D eigenvalue weighted by atomic mass is 32.1. The predicted molar refractivity (Wildman–Crippen MR) is 97.7 cm³/mol. The minimum absolute atomic E-state index is 0.177. The molecule has 134 valence electrons. The highest BCUT2D eigenvalue weighted by molar-refractivity contribution is 7.14. The van der Waals surface area contributed by atoms with E-state index in [1.807, 2.05) is 11.0 Å². The van der Waals surface area contributed by atoms with Crippen molar-refractivity contribution in [2.45, 2.75) is 37.8 Å². The molecule has 0 radical (unpaired) electrons. The Hall–Kier alpha value is -0.950. The summed E-state index contributed by atoms with van der Waals surface area (Å²) in [6.45, 7) is 4.48. The van der Waals surface area contributed by atoms with E-state index in [-0.39, 0.29) is 5.91 Å². The first-order valence-corrected chi connectivity index (χ1v) is 9.82. The van der Waals surface area contributed by atoms with Crippen LogP contribution in [0.4, 0.5) is 0 Å². The van der Waals surface area contributed by atoms with Crippen molar-refractivity contribution in [3.63, 3.8) is 0 Å². The number of thiophene rings is 1. The summed E-state index contributed by atoms with van der Waals surface area (Å²) in [7, 11) is 3.85. The van der Waals surface area contributed by atoms with Gasteiger partial charge in [-0.2, -0.15) is 0 Å². The zero-order valence-corrected chi connectivity index (χ0v) is 15.6. The van der Waals surface area contributed by atoms with E-state index in [9.17, 15) is 4.79 Å². The number of amides is 1. The molecular formula is C18H29N3O2S. The molecule has 0 spiro atoms. The van der Waals surface area contributed by atoms with Crippen molar-refractivity contribution in [1.29, 1.82) is 0 Å². The maximum Gasteiger partial charge on any atom is 0.264 e. The van der Waals surface area contributed by atoms with Gasteiger partial charge in [-0.05, 0) is 64.5 Å². The van der Waals surface area contributed by atoms with Gasteiger partial charge in [0.05, 0.1) is 11.5 Å². The minimum Gasteiger partial charge on any atom is -0.383 e. The fourth-order valence-electron chi connectivity index (χ4n) is 3.67. The van der Waals surface area contributed by atoms with E-state index in [0.29, 0.717) is 25.2 Å². The molecule has 2 aliphatic heterocycles. The molecule has 0 saturated carbocycles. The van der Waals surface area contributed by atoms with Crippen molar-refractivity contribution in [1.82, 2.24) is 15.1 Å². The predicted octanol–water partition coefficient (Wildman–Crippen LogP) is 2.36. The van der Waals surface area contributed by atoms with Gasteiger partial charge in [0, 0.05) is 30.6 Å². The molecule has 24 heavy (non-hydrogen) atoms. The molecule has 1 aromatic rings. The average molecular weight is 352 g/mol. The second-order valence-electron chi connectivity index (χ2n) is 6.88. The van der Waals surface area contributed by atoms with Crippen LogP contribution < -0.4 is 5.32 Å². The molecule has 2 fully saturated rings. The number of hydrogen-bond acceptors (Lipinski definition) is 5. The molecule has 5 nitrogen and oxygen atoms in total. The topological polar surface area (TPSA) is 44.8 Å². The number of rotatable bonds is 6. The molecule has 0 unspecified atom stereocenters. The summed E-state index contributed by atoms with van der Waals surface area (Å²) >= 11 is 1.66. The second kappa shape index (κ2) is 8.43. The second-order valence-corrected chi connectivity index (χ2v) is 7.99. The van der Waals surface area contributed by atoms with Gasteiger partial charge in [-0.15, -0.1) is 11.3 Å². The van der Waals surface area contributed by atoms with Crippen molar-refractivity contribution >= 4 is 17.2 Å². The largest absolute Gasteiger partial charge is 0.383 e. The summed E-state index contributed by atoms with van der Waals surface area (Å²) in [6.07, 6.45) is 4.50. The Morgan fingerprint density at radius 3 is 2.83 bits per heavy atom. The molecule has 0 aromatic carbocycles. The fraction of sp³-hybridized carbons (Fsp3) is 0.722. The lowest BCUT2D eigenvalue weighted by molar-refractivity contribution is 0.0509. The summed E-state index contributed by atoms with van der Waals surface area (Å²) in [5.74, 6) is 0.177. The number of piperidine rings is 1. The maximum absolute atomic E-state index is 13.1. The van der Waals surface area contributed by atoms with Gasteiger partial charge in [-0.25, -0.2) is 0 Å². The molecule has 1 amide bonds. The first-order chi connectivity index (χ1) is 11.7. The zero-order valence-electron chi connectivity index (χ0n) is 14.8. The van der Waals surface area contributed by atoms with E-state index in [4.69, 9.17) is 4.74 Å². The molecule has 1 N–H and O–H groups in total. The fourth-order valence-corrected chi connectivity index (χ4v) is 4.74. The molecule has 1 atom stereocenters. The molecule has 6 heteroatoms. The monoisotopic (exact) mass is 351 g/mol. The van der Waals surface area contributed by atoms with Gasteiger partial charge in [-0.1, -0.05) is 0 Å². The lowest BCUT2D eigenvalue weighted by atomic mass is 10.0. The molecule has 2 saturated heterocycles. The Morgan fingerprint density at radius 2 is 2.17 bits per heavy atom. The van der Waals surface area contributed by atoms with Crippen LogP contribution in [-0.4, -0.2) is 68.7 Å². The maximum atomic E-state index is 13.1. The highest BCUT2D eigenvalue weighted by Gasteiger charge is 2.29. The van der Waals surface area contributed by atoms with Gasteiger partial charge in [0.2, 0.25) is 0 Å². The Morgan fingerprint density at radius 1 is 1.38 bits per heavy atom. The number of hydrogen-bond donors (Lipinski definition) is 1. The Labute approximate surface area is 149 Å². The van der Waals surface area contributed by atoms with Crippen LogP contribution >= 0.6 is 11.3 Å². The quantitative estimate of drug-likeness (QED) is 0.855. The number of ether oxygens (including phenoxy) is 1. The standard InChI is InChI=1S/C18H29N3O2S/c1-20-10-7-14(8-11-20)21(12-13-23-2)18(22)17-6-5-16(24-17)15-4-3-9-19-15/h5-6,14-15,19H,3-4,7-13H2,1-2H3/t15-/m0/s1. The average Bonchev–Trinajstić information content (AvgIpc) is 3.27. The molecule has 2 aliphatic rings. The number of carbonyl (C=O) groups excluding carboxylic acids is 1. The van der Waals surface area contributed by atoms with E-state index < -0.39 is 0 Å². The van der Waals surface area contributed by atoms with Crippen LogP contribution in [0.3, 0.4) is 0 Å². The summed E-state index contributed by atoms with van der Waals surface area (Å²) in [6, 6.07) is 4.91. The van der Waals surface area contributed by atoms with Gasteiger partial charge >= 0.3 is 0 Å². The zero-order chi connectivity index (χ0) is 16.9. The van der Waals surface area contributed by atoms with Gasteiger partial charge in [-0.3, -0.25) is 4.79 Å². The number of nitrogens with zero attached hydrogens (tertiary/aromatic N) is 2. The smallest absolute Gasteiger partial charge is 0.264 e. The van der Waals surface area contributed by atoms with Crippen LogP contribution in [0.25, 0.3) is 0 Å². The van der Waals surface area contributed by atoms with Crippen molar-refractivity contribution in [2.24, 2.45) is 0 Å². The molecular weight excluding hydrogens is 322 g/mol. The van der Waals surface area contributed by atoms with Crippen LogP contribution in [0, 0.1) is 0 Å². The first kappa shape index (κ1) is 17.9. The first-order valence-electron chi connectivity index (χ1n) is 9.00. The van der Waals surface area contributed by atoms with Crippen molar-refractivity contribution in [3.8, 4) is 0 Å². The lowest BCUT2D eigenvalue weighted by Gasteiger charge is -2.37.